The molecule has 0 heterocycles. The number of ketones is 1. The van der Waals surface area contributed by atoms with Gasteiger partial charge in [0.1, 0.15) is 11.9 Å². The van der Waals surface area contributed by atoms with Crippen LogP contribution in [-0.4, -0.2) is 30.9 Å². The number of amides is 1. The number of nitrogens with one attached hydrogen (secondary N) is 1. The molecule has 1 amide bonds. The predicted molar refractivity (Wildman–Crippen MR) is 127 cm³/mol. The number of carbonyl (C=O) groups is 3. The number of hydrogen-bond donors (Lipinski definition) is 2. The summed E-state index contributed by atoms with van der Waals surface area (Å²) >= 11 is 6.13. The summed E-state index contributed by atoms with van der Waals surface area (Å²) in [5.74, 6) is -0.859. The Bertz CT molecular complexity index is 1150. The Morgan fingerprint density at radius 2 is 1.82 bits per heavy atom. The van der Waals surface area contributed by atoms with Crippen molar-refractivity contribution in [1.29, 1.82) is 5.26 Å². The fourth-order valence-corrected chi connectivity index (χ4v) is 4.38. The van der Waals surface area contributed by atoms with E-state index < -0.39 is 5.91 Å². The van der Waals surface area contributed by atoms with E-state index in [1.807, 2.05) is 6.07 Å². The first-order chi connectivity index (χ1) is 16.2. The Labute approximate surface area is 203 Å². The zero-order chi connectivity index (χ0) is 24.8. The first-order valence-corrected chi connectivity index (χ1v) is 11.3. The molecule has 3 rings (SSSR count). The van der Waals surface area contributed by atoms with Crippen molar-refractivity contribution >= 4 is 34.9 Å². The number of Topliss-reactive ketones (excluding diaryl/α,β-unsaturated/α-hetero) is 1. The number of ether oxygens (including phenoxy) is 2. The molecule has 0 aliphatic heterocycles. The van der Waals surface area contributed by atoms with Gasteiger partial charge in [0.2, 0.25) is 0 Å². The highest BCUT2D eigenvalue weighted by Crippen LogP contribution is 2.32. The number of carbonyl (C=O) groups excluding carboxylic acids is 3. The molecule has 0 bridgehead atoms. The summed E-state index contributed by atoms with van der Waals surface area (Å²) in [6.45, 7) is 1.53. The van der Waals surface area contributed by atoms with Crippen LogP contribution < -0.4 is 15.8 Å². The maximum atomic E-state index is 13.2. The summed E-state index contributed by atoms with van der Waals surface area (Å²) < 4.78 is 10.4. The Hall–Kier alpha value is -3.57. The first kappa shape index (κ1) is 25.1. The number of nitrogen functional groups attached to an aromatic ring is 1. The quantitative estimate of drug-likeness (QED) is 0.345. The van der Waals surface area contributed by atoms with Gasteiger partial charge in [-0.3, -0.25) is 14.4 Å². The first-order valence-electron chi connectivity index (χ1n) is 10.9. The highest BCUT2D eigenvalue weighted by atomic mass is 35.5. The van der Waals surface area contributed by atoms with E-state index in [2.05, 4.69) is 5.32 Å². The highest BCUT2D eigenvalue weighted by Gasteiger charge is 2.30. The van der Waals surface area contributed by atoms with Crippen LogP contribution in [0.3, 0.4) is 0 Å². The second kappa shape index (κ2) is 11.0. The number of nitrogens with zero attached hydrogens (tertiary/aromatic N) is 1. The molecule has 0 atom stereocenters. The van der Waals surface area contributed by atoms with E-state index in [1.165, 1.54) is 26.2 Å². The Kier molecular flexibility index (Phi) is 8.13. The Morgan fingerprint density at radius 1 is 1.15 bits per heavy atom. The molecule has 2 aromatic carbocycles. The van der Waals surface area contributed by atoms with E-state index in [9.17, 15) is 19.6 Å². The van der Waals surface area contributed by atoms with E-state index in [4.69, 9.17) is 26.8 Å². The van der Waals surface area contributed by atoms with Gasteiger partial charge in [-0.2, -0.15) is 5.26 Å². The minimum Gasteiger partial charge on any atom is -0.495 e. The van der Waals surface area contributed by atoms with Gasteiger partial charge in [0, 0.05) is 24.9 Å². The third kappa shape index (κ3) is 5.86. The SMILES string of the molecule is COc1ccc(CNC(=O)c2cc(C#N)cc(C(=O)[C@H]3CC[C@H](OC(C)=O)CC3)c2N)cc1Cl. The third-order valence-corrected chi connectivity index (χ3v) is 6.16. The maximum Gasteiger partial charge on any atom is 0.302 e. The van der Waals surface area contributed by atoms with Gasteiger partial charge in [-0.1, -0.05) is 17.7 Å². The van der Waals surface area contributed by atoms with Gasteiger partial charge in [-0.05, 0) is 55.5 Å². The van der Waals surface area contributed by atoms with Gasteiger partial charge in [-0.25, -0.2) is 0 Å². The van der Waals surface area contributed by atoms with Crippen molar-refractivity contribution in [2.24, 2.45) is 5.92 Å². The maximum absolute atomic E-state index is 13.2. The normalized spacial score (nSPS) is 17.4. The lowest BCUT2D eigenvalue weighted by Crippen LogP contribution is -2.29. The molecular formula is C25H26ClN3O5. The van der Waals surface area contributed by atoms with E-state index in [1.54, 1.807) is 18.2 Å². The van der Waals surface area contributed by atoms with Crippen LogP contribution in [0.4, 0.5) is 5.69 Å². The number of nitrogens with two attached hydrogens (primary N) is 1. The molecule has 0 saturated heterocycles. The van der Waals surface area contributed by atoms with Gasteiger partial charge >= 0.3 is 5.97 Å². The number of halogens is 1. The fraction of sp³-hybridized carbons (Fsp3) is 0.360. The minimum absolute atomic E-state index is 0.0383. The average molecular weight is 484 g/mol. The van der Waals surface area contributed by atoms with Crippen molar-refractivity contribution in [2.45, 2.75) is 45.3 Å². The number of rotatable bonds is 7. The lowest BCUT2D eigenvalue weighted by atomic mass is 9.81. The third-order valence-electron chi connectivity index (χ3n) is 5.87. The number of nitriles is 1. The number of methoxy groups -OCH3 is 1. The molecule has 2 aromatic rings. The predicted octanol–water partition coefficient (Wildman–Crippen LogP) is 4.04. The van der Waals surface area contributed by atoms with Crippen molar-refractivity contribution in [3.63, 3.8) is 0 Å². The van der Waals surface area contributed by atoms with Gasteiger partial charge < -0.3 is 20.5 Å². The van der Waals surface area contributed by atoms with Crippen LogP contribution in [0, 0.1) is 17.2 Å². The van der Waals surface area contributed by atoms with Crippen LogP contribution in [0.25, 0.3) is 0 Å². The van der Waals surface area contributed by atoms with Gasteiger partial charge in [-0.15, -0.1) is 0 Å². The molecule has 0 spiro atoms. The second-order valence-electron chi connectivity index (χ2n) is 8.20. The van der Waals surface area contributed by atoms with Crippen LogP contribution in [-0.2, 0) is 16.1 Å². The summed E-state index contributed by atoms with van der Waals surface area (Å²) in [6.07, 6.45) is 2.02. The molecule has 0 aromatic heterocycles. The largest absolute Gasteiger partial charge is 0.495 e. The van der Waals surface area contributed by atoms with Gasteiger partial charge in [0.25, 0.3) is 5.91 Å². The lowest BCUT2D eigenvalue weighted by molar-refractivity contribution is -0.147. The smallest absolute Gasteiger partial charge is 0.302 e. The average Bonchev–Trinajstić information content (AvgIpc) is 2.82. The lowest BCUT2D eigenvalue weighted by Gasteiger charge is -2.27. The second-order valence-corrected chi connectivity index (χ2v) is 8.60. The van der Waals surface area contributed by atoms with Crippen LogP contribution >= 0.6 is 11.6 Å². The summed E-state index contributed by atoms with van der Waals surface area (Å²) in [5.41, 5.74) is 7.42. The molecule has 1 saturated carbocycles. The van der Waals surface area contributed by atoms with Crippen molar-refractivity contribution in [1.82, 2.24) is 5.32 Å². The summed E-state index contributed by atoms with van der Waals surface area (Å²) in [5, 5.41) is 12.6. The molecule has 9 heteroatoms. The summed E-state index contributed by atoms with van der Waals surface area (Å²) in [4.78, 5) is 37.3. The highest BCUT2D eigenvalue weighted by molar-refractivity contribution is 6.32. The fourth-order valence-electron chi connectivity index (χ4n) is 4.10. The number of hydrogen-bond acceptors (Lipinski definition) is 7. The van der Waals surface area contributed by atoms with Crippen LogP contribution in [0.1, 0.15) is 64.4 Å². The molecule has 3 N–H and O–H groups in total. The number of esters is 1. The Balaban J connectivity index is 1.76. The molecule has 1 aliphatic rings. The molecule has 0 radical (unpaired) electrons. The molecule has 1 fully saturated rings. The standard InChI is InChI=1S/C25H26ClN3O5/c1-14(30)34-18-6-4-17(5-7-18)24(31)19-9-16(12-27)10-20(23(19)28)25(32)29-13-15-3-8-22(33-2)21(26)11-15/h3,8-11,17-18H,4-7,13,28H2,1-2H3,(H,29,32)/t17-,18-. The topological polar surface area (TPSA) is 132 Å². The number of anilines is 1. The molecule has 34 heavy (non-hydrogen) atoms. The van der Waals surface area contributed by atoms with E-state index in [0.717, 1.165) is 5.56 Å². The van der Waals surface area contributed by atoms with E-state index in [0.29, 0.717) is 36.5 Å². The van der Waals surface area contributed by atoms with Crippen molar-refractivity contribution in [3.05, 3.63) is 57.6 Å². The van der Waals surface area contributed by atoms with E-state index in [-0.39, 0.29) is 52.7 Å². The van der Waals surface area contributed by atoms with Crippen molar-refractivity contribution in [2.75, 3.05) is 12.8 Å². The molecular weight excluding hydrogens is 458 g/mol. The molecule has 1 aliphatic carbocycles. The zero-order valence-corrected chi connectivity index (χ0v) is 19.8. The monoisotopic (exact) mass is 483 g/mol. The Morgan fingerprint density at radius 3 is 2.41 bits per heavy atom. The van der Waals surface area contributed by atoms with E-state index >= 15 is 0 Å². The van der Waals surface area contributed by atoms with Crippen molar-refractivity contribution in [3.8, 4) is 11.8 Å². The molecule has 0 unspecified atom stereocenters. The van der Waals surface area contributed by atoms with Gasteiger partial charge in [0.05, 0.1) is 35.0 Å². The van der Waals surface area contributed by atoms with Gasteiger partial charge in [0.15, 0.2) is 5.78 Å². The molecule has 178 valence electrons. The molecule has 8 nitrogen and oxygen atoms in total. The number of benzene rings is 2. The van der Waals surface area contributed by atoms with Crippen LogP contribution in [0.5, 0.6) is 5.75 Å². The summed E-state index contributed by atoms with van der Waals surface area (Å²) in [7, 11) is 1.51. The summed E-state index contributed by atoms with van der Waals surface area (Å²) in [6, 6.07) is 9.93. The zero-order valence-electron chi connectivity index (χ0n) is 19.0. The van der Waals surface area contributed by atoms with Crippen LogP contribution in [0.15, 0.2) is 30.3 Å². The van der Waals surface area contributed by atoms with Crippen LogP contribution in [0.2, 0.25) is 5.02 Å². The van der Waals surface area contributed by atoms with Crippen molar-refractivity contribution < 1.29 is 23.9 Å². The minimum atomic E-state index is -0.505.